The first-order valence-electron chi connectivity index (χ1n) is 5.51. The first-order chi connectivity index (χ1) is 8.60. The molecule has 0 aliphatic rings. The van der Waals surface area contributed by atoms with Crippen LogP contribution in [-0.2, 0) is 6.42 Å². The van der Waals surface area contributed by atoms with Gasteiger partial charge in [-0.15, -0.1) is 0 Å². The lowest BCUT2D eigenvalue weighted by molar-refractivity contribution is 0.102. The van der Waals surface area contributed by atoms with E-state index in [2.05, 4.69) is 15.5 Å². The van der Waals surface area contributed by atoms with E-state index in [1.807, 2.05) is 6.92 Å². The summed E-state index contributed by atoms with van der Waals surface area (Å²) in [4.78, 5) is 12.0. The molecule has 2 aromatic rings. The van der Waals surface area contributed by atoms with Gasteiger partial charge < -0.3 is 11.1 Å². The molecule has 0 bridgehead atoms. The van der Waals surface area contributed by atoms with Gasteiger partial charge in [0.2, 0.25) is 0 Å². The summed E-state index contributed by atoms with van der Waals surface area (Å²) >= 11 is 5.95. The van der Waals surface area contributed by atoms with Crippen LogP contribution in [0.3, 0.4) is 0 Å². The van der Waals surface area contributed by atoms with Crippen LogP contribution >= 0.6 is 11.6 Å². The lowest BCUT2D eigenvalue weighted by Gasteiger charge is -2.04. The van der Waals surface area contributed by atoms with E-state index < -0.39 is 0 Å². The van der Waals surface area contributed by atoms with Crippen LogP contribution in [-0.4, -0.2) is 16.1 Å². The van der Waals surface area contributed by atoms with Gasteiger partial charge in [0.15, 0.2) is 5.82 Å². The topological polar surface area (TPSA) is 83.8 Å². The van der Waals surface area contributed by atoms with Gasteiger partial charge in [-0.1, -0.05) is 18.5 Å². The first-order valence-corrected chi connectivity index (χ1v) is 5.88. The Morgan fingerprint density at radius 1 is 1.50 bits per heavy atom. The number of carbonyl (C=O) groups is 1. The first kappa shape index (κ1) is 12.4. The summed E-state index contributed by atoms with van der Waals surface area (Å²) in [5.41, 5.74) is 7.39. The van der Waals surface area contributed by atoms with E-state index in [4.69, 9.17) is 17.3 Å². The van der Waals surface area contributed by atoms with E-state index in [0.29, 0.717) is 22.1 Å². The number of carbonyl (C=O) groups excluding carboxylic acids is 1. The lowest BCUT2D eigenvalue weighted by atomic mass is 10.2. The maximum atomic E-state index is 12.0. The average molecular weight is 265 g/mol. The van der Waals surface area contributed by atoms with Gasteiger partial charge in [-0.25, -0.2) is 0 Å². The van der Waals surface area contributed by atoms with E-state index in [1.165, 1.54) is 6.07 Å². The molecule has 1 heterocycles. The number of halogens is 1. The number of nitrogens with zero attached hydrogens (tertiary/aromatic N) is 1. The number of aryl methyl sites for hydroxylation is 1. The van der Waals surface area contributed by atoms with Crippen LogP contribution in [0.25, 0.3) is 0 Å². The highest BCUT2D eigenvalue weighted by Crippen LogP contribution is 2.20. The monoisotopic (exact) mass is 264 g/mol. The Morgan fingerprint density at radius 3 is 2.94 bits per heavy atom. The predicted octanol–water partition coefficient (Wildman–Crippen LogP) is 2.46. The second-order valence-corrected chi connectivity index (χ2v) is 4.23. The van der Waals surface area contributed by atoms with Gasteiger partial charge in [0.05, 0.1) is 10.6 Å². The van der Waals surface area contributed by atoms with Gasteiger partial charge in [-0.2, -0.15) is 5.10 Å². The molecule has 6 heteroatoms. The standard InChI is InChI=1S/C12H13ClN4O/c1-2-8-6-11(17-16-8)15-12(18)9-5-7(14)3-4-10(9)13/h3-6H,2,14H2,1H3,(H2,15,16,17,18). The number of anilines is 2. The molecule has 1 amide bonds. The lowest BCUT2D eigenvalue weighted by Crippen LogP contribution is -2.13. The number of hydrogen-bond acceptors (Lipinski definition) is 3. The Hall–Kier alpha value is -2.01. The van der Waals surface area contributed by atoms with Crippen LogP contribution in [0.4, 0.5) is 11.5 Å². The summed E-state index contributed by atoms with van der Waals surface area (Å²) < 4.78 is 0. The summed E-state index contributed by atoms with van der Waals surface area (Å²) in [5.74, 6) is 0.136. The summed E-state index contributed by atoms with van der Waals surface area (Å²) in [6.45, 7) is 1.99. The maximum Gasteiger partial charge on any atom is 0.258 e. The normalized spacial score (nSPS) is 10.3. The molecule has 4 N–H and O–H groups in total. The Bertz CT molecular complexity index is 579. The van der Waals surface area contributed by atoms with E-state index in [1.54, 1.807) is 18.2 Å². The molecule has 0 radical (unpaired) electrons. The second kappa shape index (κ2) is 5.10. The fraction of sp³-hybridized carbons (Fsp3) is 0.167. The zero-order chi connectivity index (χ0) is 13.1. The van der Waals surface area contributed by atoms with Crippen LogP contribution < -0.4 is 11.1 Å². The Kier molecular flexibility index (Phi) is 3.53. The van der Waals surface area contributed by atoms with Crippen molar-refractivity contribution in [2.45, 2.75) is 13.3 Å². The van der Waals surface area contributed by atoms with Crippen molar-refractivity contribution < 1.29 is 4.79 Å². The van der Waals surface area contributed by atoms with Crippen molar-refractivity contribution in [2.24, 2.45) is 0 Å². The summed E-state index contributed by atoms with van der Waals surface area (Å²) in [5, 5.41) is 9.80. The van der Waals surface area contributed by atoms with Crippen molar-refractivity contribution in [3.63, 3.8) is 0 Å². The van der Waals surface area contributed by atoms with Crippen LogP contribution in [0.5, 0.6) is 0 Å². The van der Waals surface area contributed by atoms with Gasteiger partial charge in [0, 0.05) is 17.4 Å². The van der Waals surface area contributed by atoms with Crippen LogP contribution in [0.1, 0.15) is 23.0 Å². The molecule has 94 valence electrons. The molecule has 0 spiro atoms. The molecule has 2 rings (SSSR count). The van der Waals surface area contributed by atoms with Crippen molar-refractivity contribution in [1.82, 2.24) is 10.2 Å². The number of rotatable bonds is 3. The van der Waals surface area contributed by atoms with Crippen LogP contribution in [0, 0.1) is 0 Å². The van der Waals surface area contributed by atoms with Crippen molar-refractivity contribution in [2.75, 3.05) is 11.1 Å². The smallest absolute Gasteiger partial charge is 0.258 e. The fourth-order valence-corrected chi connectivity index (χ4v) is 1.71. The molecule has 0 aliphatic heterocycles. The zero-order valence-electron chi connectivity index (χ0n) is 9.83. The molecule has 0 saturated carbocycles. The van der Waals surface area contributed by atoms with Crippen molar-refractivity contribution in [3.05, 3.63) is 40.5 Å². The molecule has 1 aromatic heterocycles. The minimum absolute atomic E-state index is 0.331. The van der Waals surface area contributed by atoms with Crippen LogP contribution in [0.2, 0.25) is 5.02 Å². The molecule has 0 atom stereocenters. The van der Waals surface area contributed by atoms with Gasteiger partial charge in [-0.3, -0.25) is 9.89 Å². The number of aromatic nitrogens is 2. The second-order valence-electron chi connectivity index (χ2n) is 3.83. The largest absolute Gasteiger partial charge is 0.399 e. The van der Waals surface area contributed by atoms with Crippen molar-refractivity contribution >= 4 is 29.0 Å². The maximum absolute atomic E-state index is 12.0. The number of nitrogens with one attached hydrogen (secondary N) is 2. The number of aromatic amines is 1. The third kappa shape index (κ3) is 2.62. The number of hydrogen-bond donors (Lipinski definition) is 3. The molecular formula is C12H13ClN4O. The van der Waals surface area contributed by atoms with Crippen molar-refractivity contribution in [3.8, 4) is 0 Å². The van der Waals surface area contributed by atoms with Gasteiger partial charge in [-0.05, 0) is 24.6 Å². The van der Waals surface area contributed by atoms with E-state index >= 15 is 0 Å². The molecule has 1 aromatic carbocycles. The van der Waals surface area contributed by atoms with Crippen molar-refractivity contribution in [1.29, 1.82) is 0 Å². The molecule has 5 nitrogen and oxygen atoms in total. The highest BCUT2D eigenvalue weighted by atomic mass is 35.5. The molecule has 0 aliphatic carbocycles. The molecule has 0 fully saturated rings. The molecule has 18 heavy (non-hydrogen) atoms. The third-order valence-electron chi connectivity index (χ3n) is 2.49. The van der Waals surface area contributed by atoms with Gasteiger partial charge in [0.1, 0.15) is 0 Å². The summed E-state index contributed by atoms with van der Waals surface area (Å²) in [6, 6.07) is 6.54. The van der Waals surface area contributed by atoms with Gasteiger partial charge in [0.25, 0.3) is 5.91 Å². The fourth-order valence-electron chi connectivity index (χ4n) is 1.51. The molecule has 0 saturated heterocycles. The number of nitrogen functional groups attached to an aromatic ring is 1. The Morgan fingerprint density at radius 2 is 2.28 bits per heavy atom. The van der Waals surface area contributed by atoms with Crippen LogP contribution in [0.15, 0.2) is 24.3 Å². The molecule has 0 unspecified atom stereocenters. The van der Waals surface area contributed by atoms with E-state index in [-0.39, 0.29) is 5.91 Å². The Balaban J connectivity index is 2.19. The van der Waals surface area contributed by atoms with E-state index in [9.17, 15) is 4.79 Å². The SMILES string of the molecule is CCc1cc(NC(=O)c2cc(N)ccc2Cl)n[nH]1. The van der Waals surface area contributed by atoms with E-state index in [0.717, 1.165) is 12.1 Å². The number of nitrogens with two attached hydrogens (primary N) is 1. The number of amides is 1. The third-order valence-corrected chi connectivity index (χ3v) is 2.82. The number of H-pyrrole nitrogens is 1. The predicted molar refractivity (Wildman–Crippen MR) is 71.8 cm³/mol. The Labute approximate surface area is 109 Å². The molecular weight excluding hydrogens is 252 g/mol. The highest BCUT2D eigenvalue weighted by molar-refractivity contribution is 6.34. The zero-order valence-corrected chi connectivity index (χ0v) is 10.6. The summed E-state index contributed by atoms with van der Waals surface area (Å²) in [7, 11) is 0. The summed E-state index contributed by atoms with van der Waals surface area (Å²) in [6.07, 6.45) is 0.821. The number of benzene rings is 1. The van der Waals surface area contributed by atoms with Gasteiger partial charge >= 0.3 is 0 Å². The average Bonchev–Trinajstić information content (AvgIpc) is 2.80. The highest BCUT2D eigenvalue weighted by Gasteiger charge is 2.12. The minimum Gasteiger partial charge on any atom is -0.399 e. The quantitative estimate of drug-likeness (QED) is 0.745. The minimum atomic E-state index is -0.332.